The number of hydrogen-bond donors (Lipinski definition) is 1. The number of carbonyl (C=O) groups is 1. The molecular weight excluding hydrogens is 449 g/mol. The Balaban J connectivity index is 1.51. The van der Waals surface area contributed by atoms with Crippen LogP contribution in [0.3, 0.4) is 0 Å². The summed E-state index contributed by atoms with van der Waals surface area (Å²) in [6, 6.07) is 16.3. The number of phenolic OH excluding ortho intramolecular Hbond substituents is 1. The average molecular weight is 474 g/mol. The molecule has 0 saturated carbocycles. The summed E-state index contributed by atoms with van der Waals surface area (Å²) in [5.74, 6) is -0.816. The van der Waals surface area contributed by atoms with E-state index in [1.54, 1.807) is 0 Å². The van der Waals surface area contributed by atoms with Gasteiger partial charge in [-0.25, -0.2) is 4.79 Å². The molecule has 34 heavy (non-hydrogen) atoms. The first kappa shape index (κ1) is 25.0. The summed E-state index contributed by atoms with van der Waals surface area (Å²) in [5.41, 5.74) is 0.939. The summed E-state index contributed by atoms with van der Waals surface area (Å²) in [4.78, 5) is 18.1. The third-order valence-corrected chi connectivity index (χ3v) is 4.99. The van der Waals surface area contributed by atoms with Gasteiger partial charge in [-0.1, -0.05) is 30.3 Å². The van der Waals surface area contributed by atoms with Crippen molar-refractivity contribution in [2.24, 2.45) is 0 Å². The molecule has 1 heterocycles. The summed E-state index contributed by atoms with van der Waals surface area (Å²) < 4.78 is 48.9. The van der Waals surface area contributed by atoms with Crippen LogP contribution < -0.4 is 4.74 Å². The SMILES string of the molecule is CC(Oc1ccc(-c2ccc(C(F)(F)F)cn2)cc1O)C(=O)OCCN(C)Cc1ccccc1. The lowest BCUT2D eigenvalue weighted by molar-refractivity contribution is -0.151. The Morgan fingerprint density at radius 1 is 1.12 bits per heavy atom. The van der Waals surface area contributed by atoms with Crippen molar-refractivity contribution >= 4 is 5.97 Å². The number of aromatic nitrogens is 1. The van der Waals surface area contributed by atoms with Gasteiger partial charge in [0.2, 0.25) is 0 Å². The minimum absolute atomic E-state index is 0.0429. The lowest BCUT2D eigenvalue weighted by Crippen LogP contribution is -2.30. The molecule has 0 saturated heterocycles. The van der Waals surface area contributed by atoms with Crippen LogP contribution in [-0.4, -0.2) is 47.3 Å². The van der Waals surface area contributed by atoms with Gasteiger partial charge in [0.1, 0.15) is 6.61 Å². The number of ether oxygens (including phenoxy) is 2. The Bertz CT molecular complexity index is 1090. The van der Waals surface area contributed by atoms with Crippen molar-refractivity contribution in [3.63, 3.8) is 0 Å². The average Bonchev–Trinajstić information content (AvgIpc) is 2.80. The maximum Gasteiger partial charge on any atom is 0.417 e. The Labute approximate surface area is 195 Å². The van der Waals surface area contributed by atoms with Crippen LogP contribution in [0, 0.1) is 0 Å². The topological polar surface area (TPSA) is 71.9 Å². The van der Waals surface area contributed by atoms with Gasteiger partial charge in [-0.2, -0.15) is 13.2 Å². The highest BCUT2D eigenvalue weighted by atomic mass is 19.4. The van der Waals surface area contributed by atoms with Crippen molar-refractivity contribution in [3.05, 3.63) is 78.0 Å². The van der Waals surface area contributed by atoms with Gasteiger partial charge in [-0.05, 0) is 49.9 Å². The van der Waals surface area contributed by atoms with E-state index in [4.69, 9.17) is 9.47 Å². The van der Waals surface area contributed by atoms with E-state index in [0.29, 0.717) is 12.1 Å². The van der Waals surface area contributed by atoms with Crippen molar-refractivity contribution in [1.82, 2.24) is 9.88 Å². The summed E-state index contributed by atoms with van der Waals surface area (Å²) in [5, 5.41) is 10.3. The van der Waals surface area contributed by atoms with Crippen molar-refractivity contribution in [3.8, 4) is 22.8 Å². The van der Waals surface area contributed by atoms with E-state index in [1.165, 1.54) is 31.2 Å². The van der Waals surface area contributed by atoms with Crippen LogP contribution in [0.4, 0.5) is 13.2 Å². The molecule has 1 aromatic heterocycles. The number of benzene rings is 2. The predicted molar refractivity (Wildman–Crippen MR) is 120 cm³/mol. The Morgan fingerprint density at radius 2 is 1.85 bits per heavy atom. The molecular formula is C25H25F3N2O4. The summed E-state index contributed by atoms with van der Waals surface area (Å²) in [6.45, 7) is 2.94. The number of phenols is 1. The van der Waals surface area contributed by atoms with Crippen LogP contribution in [0.15, 0.2) is 66.9 Å². The van der Waals surface area contributed by atoms with Crippen LogP contribution in [0.5, 0.6) is 11.5 Å². The monoisotopic (exact) mass is 474 g/mol. The fraction of sp³-hybridized carbons (Fsp3) is 0.280. The van der Waals surface area contributed by atoms with Gasteiger partial charge in [-0.3, -0.25) is 9.88 Å². The fourth-order valence-electron chi connectivity index (χ4n) is 3.14. The first-order chi connectivity index (χ1) is 16.1. The Morgan fingerprint density at radius 3 is 2.47 bits per heavy atom. The molecule has 3 rings (SSSR count). The van der Waals surface area contributed by atoms with Crippen LogP contribution >= 0.6 is 0 Å². The van der Waals surface area contributed by atoms with Gasteiger partial charge >= 0.3 is 12.1 Å². The van der Waals surface area contributed by atoms with Gasteiger partial charge in [-0.15, -0.1) is 0 Å². The second-order valence-electron chi connectivity index (χ2n) is 7.76. The van der Waals surface area contributed by atoms with Gasteiger partial charge in [0.15, 0.2) is 17.6 Å². The zero-order valence-electron chi connectivity index (χ0n) is 18.7. The summed E-state index contributed by atoms with van der Waals surface area (Å²) >= 11 is 0. The molecule has 1 atom stereocenters. The summed E-state index contributed by atoms with van der Waals surface area (Å²) in [7, 11) is 1.92. The number of nitrogens with zero attached hydrogens (tertiary/aromatic N) is 2. The Kier molecular flexibility index (Phi) is 8.12. The minimum Gasteiger partial charge on any atom is -0.504 e. The molecule has 3 aromatic rings. The molecule has 0 aliphatic carbocycles. The lowest BCUT2D eigenvalue weighted by Gasteiger charge is -2.18. The second kappa shape index (κ2) is 11.0. The molecule has 0 aliphatic heterocycles. The fourth-order valence-corrected chi connectivity index (χ4v) is 3.14. The number of carbonyl (C=O) groups excluding carboxylic acids is 1. The van der Waals surface area contributed by atoms with E-state index >= 15 is 0 Å². The molecule has 180 valence electrons. The smallest absolute Gasteiger partial charge is 0.417 e. The standard InChI is InChI=1S/C25H25F3N2O4/c1-17(24(32)33-13-12-30(2)16-18-6-4-3-5-7-18)34-23-11-8-19(14-22(23)31)21-10-9-20(15-29-21)25(26,27)28/h3-11,14-15,17,31H,12-13,16H2,1-2H3. The first-order valence-corrected chi connectivity index (χ1v) is 10.6. The molecule has 1 unspecified atom stereocenters. The predicted octanol–water partition coefficient (Wildman–Crippen LogP) is 4.92. The van der Waals surface area contributed by atoms with Crippen molar-refractivity contribution in [1.29, 1.82) is 0 Å². The molecule has 6 nitrogen and oxygen atoms in total. The number of pyridine rings is 1. The molecule has 0 fully saturated rings. The van der Waals surface area contributed by atoms with E-state index in [1.807, 2.05) is 42.3 Å². The van der Waals surface area contributed by atoms with Gasteiger partial charge in [0, 0.05) is 24.8 Å². The highest BCUT2D eigenvalue weighted by Crippen LogP contribution is 2.33. The lowest BCUT2D eigenvalue weighted by atomic mass is 10.1. The number of halogens is 3. The van der Waals surface area contributed by atoms with Crippen molar-refractivity contribution < 1.29 is 32.5 Å². The van der Waals surface area contributed by atoms with Gasteiger partial charge in [0.25, 0.3) is 0 Å². The van der Waals surface area contributed by atoms with Gasteiger partial charge < -0.3 is 14.6 Å². The maximum absolute atomic E-state index is 12.7. The highest BCUT2D eigenvalue weighted by molar-refractivity contribution is 5.75. The molecule has 0 amide bonds. The van der Waals surface area contributed by atoms with E-state index in [9.17, 15) is 23.1 Å². The number of hydrogen-bond acceptors (Lipinski definition) is 6. The number of alkyl halides is 3. The summed E-state index contributed by atoms with van der Waals surface area (Å²) in [6.07, 6.45) is -4.72. The molecule has 1 N–H and O–H groups in total. The van der Waals surface area contributed by atoms with Gasteiger partial charge in [0.05, 0.1) is 11.3 Å². The second-order valence-corrected chi connectivity index (χ2v) is 7.76. The highest BCUT2D eigenvalue weighted by Gasteiger charge is 2.30. The number of aromatic hydroxyl groups is 1. The molecule has 9 heteroatoms. The zero-order chi connectivity index (χ0) is 24.7. The van der Waals surface area contributed by atoms with Crippen LogP contribution in [-0.2, 0) is 22.3 Å². The van der Waals surface area contributed by atoms with Crippen molar-refractivity contribution in [2.45, 2.75) is 25.7 Å². The van der Waals surface area contributed by atoms with Crippen molar-refractivity contribution in [2.75, 3.05) is 20.2 Å². The molecule has 2 aromatic carbocycles. The van der Waals surface area contributed by atoms with E-state index < -0.39 is 23.8 Å². The quantitative estimate of drug-likeness (QED) is 0.444. The Hall–Kier alpha value is -3.59. The van der Waals surface area contributed by atoms with Crippen LogP contribution in [0.1, 0.15) is 18.1 Å². The number of esters is 1. The maximum atomic E-state index is 12.7. The zero-order valence-corrected chi connectivity index (χ0v) is 18.7. The normalized spacial score (nSPS) is 12.4. The first-order valence-electron chi connectivity index (χ1n) is 10.6. The minimum atomic E-state index is -4.48. The molecule has 0 aliphatic rings. The van der Waals surface area contributed by atoms with Crippen LogP contribution in [0.2, 0.25) is 0 Å². The third kappa shape index (κ3) is 6.95. The number of likely N-dealkylation sites (N-methyl/N-ethyl adjacent to an activating group) is 1. The molecule has 0 bridgehead atoms. The van der Waals surface area contributed by atoms with Crippen LogP contribution in [0.25, 0.3) is 11.3 Å². The number of rotatable bonds is 9. The third-order valence-electron chi connectivity index (χ3n) is 4.99. The largest absolute Gasteiger partial charge is 0.504 e. The van der Waals surface area contributed by atoms with E-state index in [0.717, 1.165) is 24.4 Å². The van der Waals surface area contributed by atoms with E-state index in [-0.39, 0.29) is 23.8 Å². The molecule has 0 radical (unpaired) electrons. The van der Waals surface area contributed by atoms with E-state index in [2.05, 4.69) is 4.98 Å². The molecule has 0 spiro atoms.